The third-order valence-electron chi connectivity index (χ3n) is 2.95. The van der Waals surface area contributed by atoms with Crippen LogP contribution in [0.1, 0.15) is 31.4 Å². The zero-order chi connectivity index (χ0) is 13.8. The maximum atomic E-state index is 10.9. The van der Waals surface area contributed by atoms with Crippen LogP contribution in [0.15, 0.2) is 18.2 Å². The molecule has 0 aromatic heterocycles. The molecule has 1 aromatic carbocycles. The molecule has 1 N–H and O–H groups in total. The van der Waals surface area contributed by atoms with Gasteiger partial charge in [0.2, 0.25) is 0 Å². The first kappa shape index (κ1) is 14.5. The van der Waals surface area contributed by atoms with Crippen molar-refractivity contribution >= 4 is 5.97 Å². The molecule has 0 spiro atoms. The van der Waals surface area contributed by atoms with E-state index in [1.54, 1.807) is 14.2 Å². The summed E-state index contributed by atoms with van der Waals surface area (Å²) < 4.78 is 10.4. The van der Waals surface area contributed by atoms with Crippen molar-refractivity contribution in [3.8, 4) is 5.75 Å². The molecule has 0 fully saturated rings. The smallest absolute Gasteiger partial charge is 0.304 e. The molecule has 4 nitrogen and oxygen atoms in total. The summed E-state index contributed by atoms with van der Waals surface area (Å²) in [5, 5.41) is 8.93. The van der Waals surface area contributed by atoms with Crippen molar-refractivity contribution < 1.29 is 19.4 Å². The molecule has 1 aromatic rings. The van der Waals surface area contributed by atoms with Crippen LogP contribution in [0.5, 0.6) is 5.75 Å². The molecule has 18 heavy (non-hydrogen) atoms. The number of hydrogen-bond donors (Lipinski definition) is 1. The standard InChI is InChI=1S/C14H20O4/c1-14(2,8-13(15)16)11-5-6-12(18-4)10(7-11)9-17-3/h5-7H,8-9H2,1-4H3,(H,15,16). The number of ether oxygens (including phenoxy) is 2. The van der Waals surface area contributed by atoms with Crippen LogP contribution < -0.4 is 4.74 Å². The number of benzene rings is 1. The lowest BCUT2D eigenvalue weighted by atomic mass is 9.81. The third-order valence-corrected chi connectivity index (χ3v) is 2.95. The molecular formula is C14H20O4. The predicted octanol–water partition coefficient (Wildman–Crippen LogP) is 2.59. The molecule has 0 aliphatic heterocycles. The van der Waals surface area contributed by atoms with Crippen molar-refractivity contribution in [2.45, 2.75) is 32.3 Å². The van der Waals surface area contributed by atoms with Gasteiger partial charge in [0.05, 0.1) is 20.1 Å². The van der Waals surface area contributed by atoms with Gasteiger partial charge in [-0.15, -0.1) is 0 Å². The molecule has 0 radical (unpaired) electrons. The predicted molar refractivity (Wildman–Crippen MR) is 69.0 cm³/mol. The topological polar surface area (TPSA) is 55.8 Å². The van der Waals surface area contributed by atoms with E-state index in [9.17, 15) is 4.79 Å². The Kier molecular flexibility index (Phi) is 4.73. The minimum absolute atomic E-state index is 0.0890. The van der Waals surface area contributed by atoms with E-state index in [0.29, 0.717) is 6.61 Å². The largest absolute Gasteiger partial charge is 0.496 e. The van der Waals surface area contributed by atoms with Crippen LogP contribution >= 0.6 is 0 Å². The summed E-state index contributed by atoms with van der Waals surface area (Å²) in [6.07, 6.45) is 0.0890. The molecule has 0 bridgehead atoms. The third kappa shape index (κ3) is 3.47. The maximum Gasteiger partial charge on any atom is 0.304 e. The van der Waals surface area contributed by atoms with Crippen molar-refractivity contribution in [2.75, 3.05) is 14.2 Å². The first-order chi connectivity index (χ1) is 8.40. The van der Waals surface area contributed by atoms with Gasteiger partial charge in [-0.2, -0.15) is 0 Å². The van der Waals surface area contributed by atoms with Gasteiger partial charge in [-0.3, -0.25) is 4.79 Å². The molecule has 0 unspecified atom stereocenters. The van der Waals surface area contributed by atoms with Gasteiger partial charge in [0.15, 0.2) is 0 Å². The van der Waals surface area contributed by atoms with E-state index in [1.807, 2.05) is 32.0 Å². The van der Waals surface area contributed by atoms with Gasteiger partial charge in [0.1, 0.15) is 5.75 Å². The Bertz CT molecular complexity index is 424. The molecule has 0 aliphatic carbocycles. The highest BCUT2D eigenvalue weighted by Gasteiger charge is 2.25. The van der Waals surface area contributed by atoms with Crippen molar-refractivity contribution in [2.24, 2.45) is 0 Å². The van der Waals surface area contributed by atoms with Gasteiger partial charge in [0, 0.05) is 18.1 Å². The lowest BCUT2D eigenvalue weighted by Crippen LogP contribution is -2.21. The fraction of sp³-hybridized carbons (Fsp3) is 0.500. The number of hydrogen-bond acceptors (Lipinski definition) is 3. The van der Waals surface area contributed by atoms with Crippen molar-refractivity contribution in [1.82, 2.24) is 0 Å². The lowest BCUT2D eigenvalue weighted by Gasteiger charge is -2.24. The molecule has 0 aliphatic rings. The zero-order valence-electron chi connectivity index (χ0n) is 11.3. The summed E-state index contributed by atoms with van der Waals surface area (Å²) in [6.45, 7) is 4.28. The minimum Gasteiger partial charge on any atom is -0.496 e. The van der Waals surface area contributed by atoms with Crippen molar-refractivity contribution in [3.05, 3.63) is 29.3 Å². The first-order valence-electron chi connectivity index (χ1n) is 5.79. The summed E-state index contributed by atoms with van der Waals surface area (Å²) in [6, 6.07) is 5.71. The maximum absolute atomic E-state index is 10.9. The number of carboxylic acid groups (broad SMARTS) is 1. The first-order valence-corrected chi connectivity index (χ1v) is 5.79. The Hall–Kier alpha value is -1.55. The highest BCUT2D eigenvalue weighted by atomic mass is 16.5. The summed E-state index contributed by atoms with van der Waals surface area (Å²) in [5.74, 6) is -0.0455. The average molecular weight is 252 g/mol. The van der Waals surface area contributed by atoms with Crippen LogP contribution in [0.4, 0.5) is 0 Å². The second-order valence-corrected chi connectivity index (χ2v) is 4.91. The summed E-state index contributed by atoms with van der Waals surface area (Å²) in [7, 11) is 3.23. The SMILES string of the molecule is COCc1cc(C(C)(C)CC(=O)O)ccc1OC. The molecule has 0 saturated heterocycles. The number of carbonyl (C=O) groups is 1. The van der Waals surface area contributed by atoms with E-state index in [2.05, 4.69) is 0 Å². The van der Waals surface area contributed by atoms with E-state index in [-0.39, 0.29) is 6.42 Å². The van der Waals surface area contributed by atoms with E-state index in [0.717, 1.165) is 16.9 Å². The van der Waals surface area contributed by atoms with Crippen LogP contribution in [0.3, 0.4) is 0 Å². The molecule has 0 atom stereocenters. The molecule has 100 valence electrons. The monoisotopic (exact) mass is 252 g/mol. The number of carboxylic acids is 1. The van der Waals surface area contributed by atoms with Crippen LogP contribution in [-0.2, 0) is 21.6 Å². The normalized spacial score (nSPS) is 11.3. The van der Waals surface area contributed by atoms with Gasteiger partial charge in [-0.25, -0.2) is 0 Å². The second-order valence-electron chi connectivity index (χ2n) is 4.91. The Morgan fingerprint density at radius 2 is 2.00 bits per heavy atom. The van der Waals surface area contributed by atoms with E-state index >= 15 is 0 Å². The summed E-state index contributed by atoms with van der Waals surface area (Å²) >= 11 is 0. The van der Waals surface area contributed by atoms with E-state index < -0.39 is 11.4 Å². The Morgan fingerprint density at radius 3 is 2.50 bits per heavy atom. The van der Waals surface area contributed by atoms with Gasteiger partial charge >= 0.3 is 5.97 Å². The highest BCUT2D eigenvalue weighted by Crippen LogP contribution is 2.31. The zero-order valence-corrected chi connectivity index (χ0v) is 11.3. The minimum atomic E-state index is -0.802. The van der Waals surface area contributed by atoms with Crippen molar-refractivity contribution in [1.29, 1.82) is 0 Å². The highest BCUT2D eigenvalue weighted by molar-refractivity contribution is 5.69. The van der Waals surface area contributed by atoms with E-state index in [4.69, 9.17) is 14.6 Å². The fourth-order valence-electron chi connectivity index (χ4n) is 1.95. The van der Waals surface area contributed by atoms with Gasteiger partial charge in [-0.05, 0) is 17.7 Å². The number of rotatable bonds is 6. The molecule has 0 saturated carbocycles. The Labute approximate surface area is 108 Å². The van der Waals surface area contributed by atoms with Crippen LogP contribution in [0.25, 0.3) is 0 Å². The van der Waals surface area contributed by atoms with Gasteiger partial charge in [0.25, 0.3) is 0 Å². The molecule has 0 amide bonds. The Morgan fingerprint density at radius 1 is 1.33 bits per heavy atom. The Balaban J connectivity index is 3.10. The molecule has 1 rings (SSSR count). The van der Waals surface area contributed by atoms with Crippen LogP contribution in [0.2, 0.25) is 0 Å². The lowest BCUT2D eigenvalue weighted by molar-refractivity contribution is -0.138. The second kappa shape index (κ2) is 5.87. The van der Waals surface area contributed by atoms with Crippen LogP contribution in [0, 0.1) is 0 Å². The van der Waals surface area contributed by atoms with Gasteiger partial charge < -0.3 is 14.6 Å². The van der Waals surface area contributed by atoms with E-state index in [1.165, 1.54) is 0 Å². The number of aliphatic carboxylic acids is 1. The van der Waals surface area contributed by atoms with Crippen LogP contribution in [-0.4, -0.2) is 25.3 Å². The summed E-state index contributed by atoms with van der Waals surface area (Å²) in [5.41, 5.74) is 1.48. The summed E-state index contributed by atoms with van der Waals surface area (Å²) in [4.78, 5) is 10.9. The molecular weight excluding hydrogens is 232 g/mol. The van der Waals surface area contributed by atoms with Gasteiger partial charge in [-0.1, -0.05) is 19.9 Å². The van der Waals surface area contributed by atoms with Crippen molar-refractivity contribution in [3.63, 3.8) is 0 Å². The quantitative estimate of drug-likeness (QED) is 0.845. The average Bonchev–Trinajstić information content (AvgIpc) is 2.27. The number of methoxy groups -OCH3 is 2. The molecule has 4 heteroatoms. The fourth-order valence-corrected chi connectivity index (χ4v) is 1.95. The molecule has 0 heterocycles.